The maximum Gasteiger partial charge on any atom is 0.264 e. The first-order valence-corrected chi connectivity index (χ1v) is 11.8. The van der Waals surface area contributed by atoms with Gasteiger partial charge in [0.15, 0.2) is 0 Å². The number of carbonyl (C=O) groups excluding carboxylic acids is 3. The van der Waals surface area contributed by atoms with Crippen LogP contribution >= 0.6 is 11.3 Å². The van der Waals surface area contributed by atoms with E-state index in [1.165, 1.54) is 28.2 Å². The van der Waals surface area contributed by atoms with E-state index in [1.54, 1.807) is 29.4 Å². The largest absolute Gasteiger partial charge is 0.332 e. The number of thiophene rings is 1. The molecule has 7 heteroatoms. The van der Waals surface area contributed by atoms with Crippen LogP contribution in [0.1, 0.15) is 53.2 Å². The predicted molar refractivity (Wildman–Crippen MR) is 124 cm³/mol. The van der Waals surface area contributed by atoms with E-state index in [1.807, 2.05) is 31.2 Å². The van der Waals surface area contributed by atoms with E-state index in [9.17, 15) is 14.4 Å². The molecule has 6 nitrogen and oxygen atoms in total. The van der Waals surface area contributed by atoms with Gasteiger partial charge in [0.1, 0.15) is 6.54 Å². The minimum atomic E-state index is -0.292. The Bertz CT molecular complexity index is 1020. The third kappa shape index (κ3) is 4.37. The molecule has 1 aliphatic carbocycles. The molecular formula is C24H29N3O3S. The summed E-state index contributed by atoms with van der Waals surface area (Å²) in [5, 5.41) is 2.86. The Morgan fingerprint density at radius 1 is 1.26 bits per heavy atom. The van der Waals surface area contributed by atoms with Crippen LogP contribution in [0.2, 0.25) is 0 Å². The number of hydrogen-bond donors (Lipinski definition) is 1. The van der Waals surface area contributed by atoms with Crippen molar-refractivity contribution in [3.05, 3.63) is 45.6 Å². The van der Waals surface area contributed by atoms with Crippen molar-refractivity contribution in [1.82, 2.24) is 4.90 Å². The zero-order valence-corrected chi connectivity index (χ0v) is 19.1. The molecule has 2 aromatic rings. The summed E-state index contributed by atoms with van der Waals surface area (Å²) in [6.45, 7) is 4.04. The molecule has 1 aliphatic heterocycles. The van der Waals surface area contributed by atoms with Crippen molar-refractivity contribution in [2.75, 3.05) is 23.8 Å². The molecule has 0 saturated heterocycles. The number of para-hydroxylation sites is 2. The summed E-state index contributed by atoms with van der Waals surface area (Å²) in [7, 11) is 1.67. The molecule has 0 fully saturated rings. The van der Waals surface area contributed by atoms with Gasteiger partial charge < -0.3 is 15.1 Å². The molecule has 1 aromatic heterocycles. The lowest BCUT2D eigenvalue weighted by molar-refractivity contribution is -0.119. The van der Waals surface area contributed by atoms with Crippen molar-refractivity contribution in [1.29, 1.82) is 0 Å². The highest BCUT2D eigenvalue weighted by molar-refractivity contribution is 7.14. The first-order chi connectivity index (χ1) is 14.9. The minimum Gasteiger partial charge on any atom is -0.332 e. The van der Waals surface area contributed by atoms with Gasteiger partial charge in [0, 0.05) is 24.4 Å². The molecule has 2 heterocycles. The third-order valence-corrected chi connectivity index (χ3v) is 7.55. The summed E-state index contributed by atoms with van der Waals surface area (Å²) < 4.78 is 0. The van der Waals surface area contributed by atoms with Gasteiger partial charge >= 0.3 is 0 Å². The molecule has 1 aromatic carbocycles. The van der Waals surface area contributed by atoms with Crippen LogP contribution in [0.4, 0.5) is 11.4 Å². The lowest BCUT2D eigenvalue weighted by atomic mass is 9.87. The molecule has 0 bridgehead atoms. The molecule has 0 unspecified atom stereocenters. The zero-order chi connectivity index (χ0) is 22.1. The summed E-state index contributed by atoms with van der Waals surface area (Å²) in [6, 6.07) is 9.03. The number of aryl methyl sites for hydroxylation is 1. The van der Waals surface area contributed by atoms with E-state index in [-0.39, 0.29) is 36.7 Å². The van der Waals surface area contributed by atoms with Gasteiger partial charge in [-0.2, -0.15) is 0 Å². The van der Waals surface area contributed by atoms with Crippen LogP contribution in [0.25, 0.3) is 0 Å². The lowest BCUT2D eigenvalue weighted by Gasteiger charge is -2.29. The fourth-order valence-corrected chi connectivity index (χ4v) is 5.76. The maximum absolute atomic E-state index is 13.2. The predicted octanol–water partition coefficient (Wildman–Crippen LogP) is 4.10. The second-order valence-electron chi connectivity index (χ2n) is 8.62. The topological polar surface area (TPSA) is 69.7 Å². The molecule has 0 spiro atoms. The Hall–Kier alpha value is -2.67. The average molecular weight is 440 g/mol. The van der Waals surface area contributed by atoms with E-state index in [0.29, 0.717) is 22.2 Å². The van der Waals surface area contributed by atoms with Crippen molar-refractivity contribution in [3.63, 3.8) is 0 Å². The van der Waals surface area contributed by atoms with Gasteiger partial charge in [-0.15, -0.1) is 11.3 Å². The van der Waals surface area contributed by atoms with E-state index in [2.05, 4.69) is 12.2 Å². The van der Waals surface area contributed by atoms with Gasteiger partial charge in [-0.3, -0.25) is 14.4 Å². The fourth-order valence-electron chi connectivity index (χ4n) is 4.56. The monoisotopic (exact) mass is 439 g/mol. The van der Waals surface area contributed by atoms with Gasteiger partial charge in [-0.1, -0.05) is 25.5 Å². The van der Waals surface area contributed by atoms with E-state index >= 15 is 0 Å². The highest BCUT2D eigenvalue weighted by Gasteiger charge is 2.31. The van der Waals surface area contributed by atoms with Crippen LogP contribution < -0.4 is 10.2 Å². The number of hydrogen-bond acceptors (Lipinski definition) is 4. The molecule has 164 valence electrons. The second-order valence-corrected chi connectivity index (χ2v) is 9.76. The number of amides is 3. The Kier molecular flexibility index (Phi) is 6.14. The third-order valence-electron chi connectivity index (χ3n) is 6.32. The summed E-state index contributed by atoms with van der Waals surface area (Å²) in [6.07, 6.45) is 4.65. The van der Waals surface area contributed by atoms with Gasteiger partial charge in [-0.25, -0.2) is 0 Å². The number of anilines is 2. The van der Waals surface area contributed by atoms with Crippen LogP contribution in [0.3, 0.4) is 0 Å². The van der Waals surface area contributed by atoms with Crippen LogP contribution in [-0.2, 0) is 22.4 Å². The number of nitrogens with one attached hydrogen (secondary N) is 1. The Morgan fingerprint density at radius 3 is 2.81 bits per heavy atom. The quantitative estimate of drug-likeness (QED) is 0.780. The van der Waals surface area contributed by atoms with Crippen LogP contribution in [0.5, 0.6) is 0 Å². The number of carbonyl (C=O) groups is 3. The average Bonchev–Trinajstić information content (AvgIpc) is 3.11. The van der Waals surface area contributed by atoms with Gasteiger partial charge in [0.25, 0.3) is 5.91 Å². The number of nitrogens with zero attached hydrogens (tertiary/aromatic N) is 2. The Labute approximate surface area is 187 Å². The lowest BCUT2D eigenvalue weighted by Crippen LogP contribution is -2.45. The van der Waals surface area contributed by atoms with Gasteiger partial charge in [0.2, 0.25) is 11.8 Å². The molecule has 3 amide bonds. The van der Waals surface area contributed by atoms with Crippen molar-refractivity contribution >= 4 is 40.4 Å². The van der Waals surface area contributed by atoms with Crippen molar-refractivity contribution in [2.24, 2.45) is 5.92 Å². The van der Waals surface area contributed by atoms with E-state index in [4.69, 9.17) is 0 Å². The number of fused-ring (bicyclic) bond motifs is 2. The highest BCUT2D eigenvalue weighted by Crippen LogP contribution is 2.34. The van der Waals surface area contributed by atoms with Crippen LogP contribution in [-0.4, -0.2) is 42.3 Å². The molecule has 2 atom stereocenters. The fraction of sp³-hybridized carbons (Fsp3) is 0.458. The standard InChI is InChI=1S/C24H29N3O3S/c1-4-16-9-10-20-17(12-16)13-21(31-20)24(30)26(3)14-23(29)27-15(2)11-22(28)25-18-7-5-6-8-19(18)27/h5-8,13,15-16H,4,9-12,14H2,1-3H3,(H,25,28)/t15-,16+/m1/s1. The SMILES string of the molecule is CC[C@H]1CCc2sc(C(=O)N(C)CC(=O)N3c4ccccc4NC(=O)C[C@H]3C)cc2C1. The second kappa shape index (κ2) is 8.83. The van der Waals surface area contributed by atoms with Gasteiger partial charge in [0.05, 0.1) is 16.3 Å². The van der Waals surface area contributed by atoms with Crippen molar-refractivity contribution < 1.29 is 14.4 Å². The summed E-state index contributed by atoms with van der Waals surface area (Å²) in [5.74, 6) is 0.268. The molecule has 31 heavy (non-hydrogen) atoms. The Morgan fingerprint density at radius 2 is 2.03 bits per heavy atom. The van der Waals surface area contributed by atoms with E-state index < -0.39 is 0 Å². The first-order valence-electron chi connectivity index (χ1n) is 10.9. The number of likely N-dealkylation sites (N-methyl/N-ethyl adjacent to an activating group) is 1. The minimum absolute atomic E-state index is 0.0359. The zero-order valence-electron chi connectivity index (χ0n) is 18.3. The molecule has 0 saturated carbocycles. The molecule has 4 rings (SSSR count). The molecule has 2 aliphatic rings. The van der Waals surface area contributed by atoms with Crippen molar-refractivity contribution in [3.8, 4) is 0 Å². The summed E-state index contributed by atoms with van der Waals surface area (Å²) >= 11 is 1.57. The number of benzene rings is 1. The normalized spacial score (nSPS) is 20.4. The maximum atomic E-state index is 13.2. The first kappa shape index (κ1) is 21.6. The molecule has 1 N–H and O–H groups in total. The highest BCUT2D eigenvalue weighted by atomic mass is 32.1. The summed E-state index contributed by atoms with van der Waals surface area (Å²) in [5.41, 5.74) is 2.59. The van der Waals surface area contributed by atoms with Crippen molar-refractivity contribution in [2.45, 2.75) is 52.0 Å². The smallest absolute Gasteiger partial charge is 0.264 e. The van der Waals surface area contributed by atoms with Crippen LogP contribution in [0, 0.1) is 5.92 Å². The Balaban J connectivity index is 1.50. The number of rotatable bonds is 4. The molecular weight excluding hydrogens is 410 g/mol. The van der Waals surface area contributed by atoms with Crippen LogP contribution in [0.15, 0.2) is 30.3 Å². The van der Waals surface area contributed by atoms with E-state index in [0.717, 1.165) is 12.8 Å². The molecule has 0 radical (unpaired) electrons. The van der Waals surface area contributed by atoms with Gasteiger partial charge in [-0.05, 0) is 55.9 Å². The summed E-state index contributed by atoms with van der Waals surface area (Å²) in [4.78, 5) is 43.6.